The Morgan fingerprint density at radius 2 is 2.10 bits per heavy atom. The number of rotatable bonds is 5. The summed E-state index contributed by atoms with van der Waals surface area (Å²) in [6, 6.07) is 3.05. The van der Waals surface area contributed by atoms with Crippen LogP contribution in [0.1, 0.15) is 31.7 Å². The molecule has 0 bridgehead atoms. The van der Waals surface area contributed by atoms with E-state index < -0.39 is 11.6 Å². The lowest BCUT2D eigenvalue weighted by Crippen LogP contribution is -2.40. The molecule has 112 valence electrons. The smallest absolute Gasteiger partial charge is 0.144 e. The standard InChI is InChI=1S/C15H21BrF2N2/c1-2-20(14-5-3-4-10(14)8-19)9-11-13(17)7-6-12(16)15(11)18/h6-7,10,14H,2-5,8-9,19H2,1H3. The predicted molar refractivity (Wildman–Crippen MR) is 80.3 cm³/mol. The molecule has 1 saturated carbocycles. The van der Waals surface area contributed by atoms with Gasteiger partial charge in [-0.25, -0.2) is 8.78 Å². The molecule has 0 amide bonds. The molecule has 1 aliphatic rings. The molecule has 0 aliphatic heterocycles. The van der Waals surface area contributed by atoms with E-state index in [1.807, 2.05) is 6.92 Å². The lowest BCUT2D eigenvalue weighted by atomic mass is 10.0. The first-order chi connectivity index (χ1) is 9.58. The summed E-state index contributed by atoms with van der Waals surface area (Å²) in [5, 5.41) is 0. The van der Waals surface area contributed by atoms with Gasteiger partial charge >= 0.3 is 0 Å². The van der Waals surface area contributed by atoms with Crippen LogP contribution in [0, 0.1) is 17.6 Å². The number of benzene rings is 1. The summed E-state index contributed by atoms with van der Waals surface area (Å²) in [7, 11) is 0. The highest BCUT2D eigenvalue weighted by molar-refractivity contribution is 9.10. The third-order valence-electron chi connectivity index (χ3n) is 4.30. The summed E-state index contributed by atoms with van der Waals surface area (Å²) >= 11 is 3.12. The van der Waals surface area contributed by atoms with Gasteiger partial charge in [-0.1, -0.05) is 13.3 Å². The molecule has 2 unspecified atom stereocenters. The zero-order valence-electron chi connectivity index (χ0n) is 11.7. The second-order valence-electron chi connectivity index (χ2n) is 5.38. The second-order valence-corrected chi connectivity index (χ2v) is 6.23. The molecule has 1 fully saturated rings. The molecule has 2 N–H and O–H groups in total. The molecule has 2 rings (SSSR count). The molecule has 5 heteroatoms. The lowest BCUT2D eigenvalue weighted by molar-refractivity contribution is 0.158. The zero-order chi connectivity index (χ0) is 14.7. The van der Waals surface area contributed by atoms with Crippen molar-refractivity contribution in [2.75, 3.05) is 13.1 Å². The summed E-state index contributed by atoms with van der Waals surface area (Å²) in [5.41, 5.74) is 5.95. The van der Waals surface area contributed by atoms with Crippen LogP contribution in [0.5, 0.6) is 0 Å². The Morgan fingerprint density at radius 1 is 1.35 bits per heavy atom. The van der Waals surface area contributed by atoms with Gasteiger partial charge in [0.1, 0.15) is 11.6 Å². The summed E-state index contributed by atoms with van der Waals surface area (Å²) < 4.78 is 28.3. The largest absolute Gasteiger partial charge is 0.330 e. The number of nitrogens with zero attached hydrogens (tertiary/aromatic N) is 1. The first-order valence-electron chi connectivity index (χ1n) is 7.15. The number of hydrogen-bond acceptors (Lipinski definition) is 2. The minimum atomic E-state index is -0.495. The average Bonchev–Trinajstić information content (AvgIpc) is 2.92. The first-order valence-corrected chi connectivity index (χ1v) is 7.94. The monoisotopic (exact) mass is 346 g/mol. The fourth-order valence-electron chi connectivity index (χ4n) is 3.15. The van der Waals surface area contributed by atoms with Gasteiger partial charge in [0.2, 0.25) is 0 Å². The Labute approximate surface area is 127 Å². The highest BCUT2D eigenvalue weighted by Crippen LogP contribution is 2.31. The minimum Gasteiger partial charge on any atom is -0.330 e. The highest BCUT2D eigenvalue weighted by atomic mass is 79.9. The maximum Gasteiger partial charge on any atom is 0.144 e. The summed E-state index contributed by atoms with van der Waals surface area (Å²) in [4.78, 5) is 2.15. The van der Waals surface area contributed by atoms with Crippen LogP contribution in [0.4, 0.5) is 8.78 Å². The van der Waals surface area contributed by atoms with E-state index in [1.165, 1.54) is 12.1 Å². The molecule has 0 radical (unpaired) electrons. The van der Waals surface area contributed by atoms with Crippen LogP contribution < -0.4 is 5.73 Å². The van der Waals surface area contributed by atoms with Crippen LogP contribution >= 0.6 is 15.9 Å². The average molecular weight is 347 g/mol. The normalized spacial score (nSPS) is 22.7. The maximum atomic E-state index is 14.1. The Morgan fingerprint density at radius 3 is 2.75 bits per heavy atom. The predicted octanol–water partition coefficient (Wildman–Crippen LogP) is 3.68. The van der Waals surface area contributed by atoms with Gasteiger partial charge in [0.05, 0.1) is 4.47 Å². The molecular weight excluding hydrogens is 326 g/mol. The molecule has 1 aromatic carbocycles. The molecule has 0 heterocycles. The van der Waals surface area contributed by atoms with Crippen molar-refractivity contribution in [1.82, 2.24) is 4.90 Å². The van der Waals surface area contributed by atoms with E-state index in [1.54, 1.807) is 0 Å². The van der Waals surface area contributed by atoms with Crippen molar-refractivity contribution in [2.45, 2.75) is 38.8 Å². The molecule has 20 heavy (non-hydrogen) atoms. The van der Waals surface area contributed by atoms with E-state index in [-0.39, 0.29) is 5.56 Å². The van der Waals surface area contributed by atoms with Gasteiger partial charge < -0.3 is 5.73 Å². The minimum absolute atomic E-state index is 0.142. The topological polar surface area (TPSA) is 29.3 Å². The Bertz CT molecular complexity index is 467. The van der Waals surface area contributed by atoms with Gasteiger partial charge in [-0.3, -0.25) is 4.90 Å². The van der Waals surface area contributed by atoms with E-state index in [9.17, 15) is 8.78 Å². The first kappa shape index (κ1) is 15.9. The van der Waals surface area contributed by atoms with E-state index in [4.69, 9.17) is 5.73 Å². The van der Waals surface area contributed by atoms with Crippen LogP contribution in [0.25, 0.3) is 0 Å². The fourth-order valence-corrected chi connectivity index (χ4v) is 3.53. The quantitative estimate of drug-likeness (QED) is 0.824. The van der Waals surface area contributed by atoms with Crippen molar-refractivity contribution in [3.8, 4) is 0 Å². The Kier molecular flexibility index (Phi) is 5.52. The molecule has 0 saturated heterocycles. The Balaban J connectivity index is 2.20. The van der Waals surface area contributed by atoms with E-state index >= 15 is 0 Å². The van der Waals surface area contributed by atoms with Gasteiger partial charge in [0, 0.05) is 18.2 Å². The third kappa shape index (κ3) is 3.21. The van der Waals surface area contributed by atoms with Crippen LogP contribution in [-0.2, 0) is 6.54 Å². The van der Waals surface area contributed by atoms with Gasteiger partial charge in [-0.05, 0) is 59.9 Å². The van der Waals surface area contributed by atoms with Crippen molar-refractivity contribution in [3.63, 3.8) is 0 Å². The van der Waals surface area contributed by atoms with Crippen LogP contribution in [0.2, 0.25) is 0 Å². The van der Waals surface area contributed by atoms with Crippen LogP contribution in [0.3, 0.4) is 0 Å². The molecule has 2 atom stereocenters. The number of nitrogens with two attached hydrogens (primary N) is 1. The van der Waals surface area contributed by atoms with Gasteiger partial charge in [-0.15, -0.1) is 0 Å². The third-order valence-corrected chi connectivity index (χ3v) is 4.91. The van der Waals surface area contributed by atoms with Crippen LogP contribution in [0.15, 0.2) is 16.6 Å². The SMILES string of the molecule is CCN(Cc1c(F)ccc(Br)c1F)C1CCCC1CN. The van der Waals surface area contributed by atoms with Crippen molar-refractivity contribution < 1.29 is 8.78 Å². The van der Waals surface area contributed by atoms with E-state index in [0.29, 0.717) is 29.5 Å². The van der Waals surface area contributed by atoms with Crippen molar-refractivity contribution >= 4 is 15.9 Å². The van der Waals surface area contributed by atoms with Crippen molar-refractivity contribution in [3.05, 3.63) is 33.8 Å². The molecule has 1 aliphatic carbocycles. The van der Waals surface area contributed by atoms with Gasteiger partial charge in [0.25, 0.3) is 0 Å². The van der Waals surface area contributed by atoms with Gasteiger partial charge in [-0.2, -0.15) is 0 Å². The molecule has 0 aromatic heterocycles. The van der Waals surface area contributed by atoms with E-state index in [2.05, 4.69) is 20.8 Å². The van der Waals surface area contributed by atoms with Crippen molar-refractivity contribution in [1.29, 1.82) is 0 Å². The maximum absolute atomic E-state index is 14.1. The molecular formula is C15H21BrF2N2. The van der Waals surface area contributed by atoms with E-state index in [0.717, 1.165) is 25.8 Å². The number of halogens is 3. The lowest BCUT2D eigenvalue weighted by Gasteiger charge is -2.32. The molecule has 1 aromatic rings. The summed E-state index contributed by atoms with van der Waals surface area (Å²) in [6.45, 7) is 3.74. The number of hydrogen-bond donors (Lipinski definition) is 1. The zero-order valence-corrected chi connectivity index (χ0v) is 13.3. The van der Waals surface area contributed by atoms with Crippen molar-refractivity contribution in [2.24, 2.45) is 11.7 Å². The summed E-state index contributed by atoms with van der Waals surface area (Å²) in [5.74, 6) is -0.537. The van der Waals surface area contributed by atoms with Gasteiger partial charge in [0.15, 0.2) is 0 Å². The Hall–Kier alpha value is -0.520. The summed E-state index contributed by atoms with van der Waals surface area (Å²) in [6.07, 6.45) is 3.32. The fraction of sp³-hybridized carbons (Fsp3) is 0.600. The van der Waals surface area contributed by atoms with Crippen LogP contribution in [-0.4, -0.2) is 24.0 Å². The molecule has 2 nitrogen and oxygen atoms in total. The highest BCUT2D eigenvalue weighted by Gasteiger charge is 2.31. The second kappa shape index (κ2) is 6.96. The molecule has 0 spiro atoms.